The van der Waals surface area contributed by atoms with Gasteiger partial charge in [0, 0.05) is 56.2 Å². The molecule has 2 aromatic carbocycles. The molecule has 0 aliphatic carbocycles. The third-order valence-corrected chi connectivity index (χ3v) is 6.11. The van der Waals surface area contributed by atoms with Crippen LogP contribution in [0.2, 0.25) is 5.02 Å². The number of aryl methyl sites for hydroxylation is 1. The van der Waals surface area contributed by atoms with E-state index >= 15 is 0 Å². The molecular weight excluding hydrogens is 440 g/mol. The molecular formula is C25H29ClN4O3. The van der Waals surface area contributed by atoms with Gasteiger partial charge in [-0.15, -0.1) is 0 Å². The van der Waals surface area contributed by atoms with Gasteiger partial charge in [0.25, 0.3) is 0 Å². The SMILES string of the molecule is COc1ccc(CN2CCCN(C(=O)CCCc3nc(-c4ccc(Cl)cc4)no3)CC2)cc1. The molecule has 174 valence electrons. The summed E-state index contributed by atoms with van der Waals surface area (Å²) < 4.78 is 10.6. The van der Waals surface area contributed by atoms with Crippen LogP contribution in [-0.2, 0) is 17.8 Å². The number of hydrogen-bond donors (Lipinski definition) is 0. The fraction of sp³-hybridized carbons (Fsp3) is 0.400. The van der Waals surface area contributed by atoms with Crippen molar-refractivity contribution in [2.45, 2.75) is 32.2 Å². The Balaban J connectivity index is 1.21. The summed E-state index contributed by atoms with van der Waals surface area (Å²) in [4.78, 5) is 21.6. The van der Waals surface area contributed by atoms with Gasteiger partial charge in [0.05, 0.1) is 7.11 Å². The van der Waals surface area contributed by atoms with E-state index in [1.807, 2.05) is 29.2 Å². The average Bonchev–Trinajstić information content (AvgIpc) is 3.18. The van der Waals surface area contributed by atoms with Crippen molar-refractivity contribution < 1.29 is 14.1 Å². The standard InChI is InChI=1S/C25H29ClN4O3/c1-32-22-12-6-19(7-13-22)18-29-14-3-15-30(17-16-29)24(31)5-2-4-23-27-25(28-33-23)20-8-10-21(26)11-9-20/h6-13H,2-5,14-18H2,1H3. The van der Waals surface area contributed by atoms with Gasteiger partial charge < -0.3 is 14.2 Å². The number of amides is 1. The fourth-order valence-electron chi connectivity index (χ4n) is 3.99. The van der Waals surface area contributed by atoms with Gasteiger partial charge in [0.15, 0.2) is 0 Å². The highest BCUT2D eigenvalue weighted by Crippen LogP contribution is 2.19. The van der Waals surface area contributed by atoms with Crippen molar-refractivity contribution >= 4 is 17.5 Å². The van der Waals surface area contributed by atoms with E-state index in [1.165, 1.54) is 5.56 Å². The first-order valence-corrected chi connectivity index (χ1v) is 11.7. The van der Waals surface area contributed by atoms with E-state index in [0.717, 1.165) is 50.5 Å². The smallest absolute Gasteiger partial charge is 0.226 e. The Kier molecular flexibility index (Phi) is 7.96. The van der Waals surface area contributed by atoms with Crippen molar-refractivity contribution in [2.24, 2.45) is 0 Å². The van der Waals surface area contributed by atoms with Crippen molar-refractivity contribution in [2.75, 3.05) is 33.3 Å². The van der Waals surface area contributed by atoms with Crippen molar-refractivity contribution in [3.63, 3.8) is 0 Å². The van der Waals surface area contributed by atoms with Crippen LogP contribution in [0.15, 0.2) is 53.1 Å². The van der Waals surface area contributed by atoms with Crippen LogP contribution < -0.4 is 4.74 Å². The minimum Gasteiger partial charge on any atom is -0.497 e. The summed E-state index contributed by atoms with van der Waals surface area (Å²) in [5.41, 5.74) is 2.11. The van der Waals surface area contributed by atoms with E-state index < -0.39 is 0 Å². The molecule has 0 bridgehead atoms. The maximum Gasteiger partial charge on any atom is 0.226 e. The van der Waals surface area contributed by atoms with Crippen LogP contribution in [0.4, 0.5) is 0 Å². The second kappa shape index (κ2) is 11.3. The average molecular weight is 469 g/mol. The zero-order chi connectivity index (χ0) is 23.0. The first-order valence-electron chi connectivity index (χ1n) is 11.3. The van der Waals surface area contributed by atoms with Crippen LogP contribution in [-0.4, -0.2) is 59.1 Å². The molecule has 1 amide bonds. The predicted molar refractivity (Wildman–Crippen MR) is 127 cm³/mol. The highest BCUT2D eigenvalue weighted by molar-refractivity contribution is 6.30. The number of methoxy groups -OCH3 is 1. The molecule has 0 saturated carbocycles. The number of aromatic nitrogens is 2. The molecule has 0 N–H and O–H groups in total. The van der Waals surface area contributed by atoms with E-state index in [4.69, 9.17) is 20.9 Å². The van der Waals surface area contributed by atoms with E-state index in [-0.39, 0.29) is 5.91 Å². The van der Waals surface area contributed by atoms with Gasteiger partial charge >= 0.3 is 0 Å². The zero-order valence-corrected chi connectivity index (χ0v) is 19.6. The van der Waals surface area contributed by atoms with Crippen molar-refractivity contribution in [3.8, 4) is 17.1 Å². The molecule has 1 aromatic heterocycles. The molecule has 0 unspecified atom stereocenters. The van der Waals surface area contributed by atoms with Gasteiger partial charge in [-0.2, -0.15) is 4.98 Å². The molecule has 33 heavy (non-hydrogen) atoms. The molecule has 7 nitrogen and oxygen atoms in total. The molecule has 0 spiro atoms. The highest BCUT2D eigenvalue weighted by atomic mass is 35.5. The van der Waals surface area contributed by atoms with E-state index in [1.54, 1.807) is 19.2 Å². The van der Waals surface area contributed by atoms with E-state index in [9.17, 15) is 4.79 Å². The van der Waals surface area contributed by atoms with Crippen molar-refractivity contribution in [1.82, 2.24) is 19.9 Å². The summed E-state index contributed by atoms with van der Waals surface area (Å²) in [5, 5.41) is 4.70. The van der Waals surface area contributed by atoms with Crippen molar-refractivity contribution in [3.05, 3.63) is 65.0 Å². The lowest BCUT2D eigenvalue weighted by Gasteiger charge is -2.22. The Hall–Kier alpha value is -2.90. The number of hydrogen-bond acceptors (Lipinski definition) is 6. The van der Waals surface area contributed by atoms with Gasteiger partial charge in [-0.1, -0.05) is 28.9 Å². The number of carbonyl (C=O) groups excluding carboxylic acids is 1. The Bertz CT molecular complexity index is 1040. The quantitative estimate of drug-likeness (QED) is 0.486. The summed E-state index contributed by atoms with van der Waals surface area (Å²) >= 11 is 5.92. The van der Waals surface area contributed by atoms with Crippen LogP contribution in [0.25, 0.3) is 11.4 Å². The number of rotatable bonds is 8. The molecule has 0 atom stereocenters. The third kappa shape index (κ3) is 6.55. The Labute approximate surface area is 199 Å². The van der Waals surface area contributed by atoms with Crippen LogP contribution in [0.5, 0.6) is 5.75 Å². The van der Waals surface area contributed by atoms with Crippen molar-refractivity contribution in [1.29, 1.82) is 0 Å². The Morgan fingerprint density at radius 3 is 2.61 bits per heavy atom. The van der Waals surface area contributed by atoms with Crippen LogP contribution in [0.1, 0.15) is 30.7 Å². The van der Waals surface area contributed by atoms with Gasteiger partial charge in [-0.25, -0.2) is 0 Å². The number of nitrogens with zero attached hydrogens (tertiary/aromatic N) is 4. The molecule has 8 heteroatoms. The summed E-state index contributed by atoms with van der Waals surface area (Å²) in [6.45, 7) is 4.33. The molecule has 4 rings (SSSR count). The number of carbonyl (C=O) groups is 1. The fourth-order valence-corrected chi connectivity index (χ4v) is 4.12. The third-order valence-electron chi connectivity index (χ3n) is 5.86. The van der Waals surface area contributed by atoms with Gasteiger partial charge in [0.1, 0.15) is 5.75 Å². The summed E-state index contributed by atoms with van der Waals surface area (Å²) in [6, 6.07) is 15.5. The molecule has 1 fully saturated rings. The number of halogens is 1. The molecule has 2 heterocycles. The molecule has 0 radical (unpaired) electrons. The maximum absolute atomic E-state index is 12.7. The number of benzene rings is 2. The lowest BCUT2D eigenvalue weighted by atomic mass is 10.2. The van der Waals surface area contributed by atoms with Gasteiger partial charge in [0.2, 0.25) is 17.6 Å². The van der Waals surface area contributed by atoms with E-state index in [0.29, 0.717) is 36.0 Å². The zero-order valence-electron chi connectivity index (χ0n) is 18.9. The predicted octanol–water partition coefficient (Wildman–Crippen LogP) is 4.46. The van der Waals surface area contributed by atoms with Gasteiger partial charge in [-0.05, 0) is 54.8 Å². The second-order valence-electron chi connectivity index (χ2n) is 8.23. The first kappa shape index (κ1) is 23.3. The molecule has 1 saturated heterocycles. The number of ether oxygens (including phenoxy) is 1. The maximum atomic E-state index is 12.7. The summed E-state index contributed by atoms with van der Waals surface area (Å²) in [5.74, 6) is 2.15. The van der Waals surface area contributed by atoms with Crippen LogP contribution >= 0.6 is 11.6 Å². The second-order valence-corrected chi connectivity index (χ2v) is 8.67. The topological polar surface area (TPSA) is 71.7 Å². The monoisotopic (exact) mass is 468 g/mol. The Morgan fingerprint density at radius 1 is 1.06 bits per heavy atom. The van der Waals surface area contributed by atoms with Gasteiger partial charge in [-0.3, -0.25) is 9.69 Å². The Morgan fingerprint density at radius 2 is 1.85 bits per heavy atom. The highest BCUT2D eigenvalue weighted by Gasteiger charge is 2.19. The summed E-state index contributed by atoms with van der Waals surface area (Å²) in [6.07, 6.45) is 2.74. The minimum absolute atomic E-state index is 0.193. The molecule has 3 aromatic rings. The van der Waals surface area contributed by atoms with Crippen LogP contribution in [0.3, 0.4) is 0 Å². The minimum atomic E-state index is 0.193. The lowest BCUT2D eigenvalue weighted by Crippen LogP contribution is -2.35. The van der Waals surface area contributed by atoms with E-state index in [2.05, 4.69) is 27.2 Å². The summed E-state index contributed by atoms with van der Waals surface area (Å²) in [7, 11) is 1.68. The first-order chi connectivity index (χ1) is 16.1. The largest absolute Gasteiger partial charge is 0.497 e. The lowest BCUT2D eigenvalue weighted by molar-refractivity contribution is -0.131. The molecule has 1 aliphatic heterocycles. The molecule has 1 aliphatic rings. The normalized spacial score (nSPS) is 14.8. The van der Waals surface area contributed by atoms with Crippen LogP contribution in [0, 0.1) is 0 Å².